The van der Waals surface area contributed by atoms with Crippen LogP contribution < -0.4 is 5.32 Å². The van der Waals surface area contributed by atoms with Crippen molar-refractivity contribution in [3.63, 3.8) is 0 Å². The lowest BCUT2D eigenvalue weighted by Crippen LogP contribution is -2.32. The van der Waals surface area contributed by atoms with Crippen LogP contribution in [-0.2, 0) is 4.79 Å². The van der Waals surface area contributed by atoms with Crippen molar-refractivity contribution in [2.24, 2.45) is 0 Å². The molecule has 1 saturated heterocycles. The SMILES string of the molecule is O=C(CSc1ccc2ccccc2c1)N1CCC(Nc2ccccc2)C1. The molecule has 1 fully saturated rings. The van der Waals surface area contributed by atoms with E-state index in [0.29, 0.717) is 11.8 Å². The maximum absolute atomic E-state index is 12.6. The van der Waals surface area contributed by atoms with Crippen LogP contribution in [0.5, 0.6) is 0 Å². The van der Waals surface area contributed by atoms with E-state index in [9.17, 15) is 4.79 Å². The van der Waals surface area contributed by atoms with Crippen LogP contribution in [0.25, 0.3) is 10.8 Å². The largest absolute Gasteiger partial charge is 0.380 e. The van der Waals surface area contributed by atoms with Gasteiger partial charge >= 0.3 is 0 Å². The maximum Gasteiger partial charge on any atom is 0.233 e. The third-order valence-corrected chi connectivity index (χ3v) is 5.75. The maximum atomic E-state index is 12.6. The number of likely N-dealkylation sites (tertiary alicyclic amines) is 1. The first kappa shape index (κ1) is 17.0. The summed E-state index contributed by atoms with van der Waals surface area (Å²) >= 11 is 1.62. The van der Waals surface area contributed by atoms with Crippen LogP contribution in [0.15, 0.2) is 77.7 Å². The van der Waals surface area contributed by atoms with E-state index in [4.69, 9.17) is 0 Å². The number of amides is 1. The van der Waals surface area contributed by atoms with E-state index in [-0.39, 0.29) is 5.91 Å². The number of carbonyl (C=O) groups excluding carboxylic acids is 1. The average Bonchev–Trinajstić information content (AvgIpc) is 3.15. The van der Waals surface area contributed by atoms with Gasteiger partial charge in [0.2, 0.25) is 5.91 Å². The molecule has 1 N–H and O–H groups in total. The number of rotatable bonds is 5. The molecule has 3 aromatic rings. The summed E-state index contributed by atoms with van der Waals surface area (Å²) in [7, 11) is 0. The van der Waals surface area contributed by atoms with Gasteiger partial charge < -0.3 is 10.2 Å². The number of nitrogens with one attached hydrogen (secondary N) is 1. The molecule has 132 valence electrons. The Hall–Kier alpha value is -2.46. The molecule has 3 aromatic carbocycles. The number of carbonyl (C=O) groups is 1. The van der Waals surface area contributed by atoms with E-state index >= 15 is 0 Å². The number of benzene rings is 3. The fourth-order valence-electron chi connectivity index (χ4n) is 3.37. The lowest BCUT2D eigenvalue weighted by molar-refractivity contribution is -0.127. The summed E-state index contributed by atoms with van der Waals surface area (Å²) in [5, 5.41) is 5.97. The van der Waals surface area contributed by atoms with Crippen molar-refractivity contribution in [1.29, 1.82) is 0 Å². The van der Waals surface area contributed by atoms with Gasteiger partial charge in [0.1, 0.15) is 0 Å². The third-order valence-electron chi connectivity index (χ3n) is 4.77. The summed E-state index contributed by atoms with van der Waals surface area (Å²) in [5.74, 6) is 0.719. The molecular formula is C22H22N2OS. The van der Waals surface area contributed by atoms with Gasteiger partial charge in [0.25, 0.3) is 0 Å². The molecule has 0 bridgehead atoms. The van der Waals surface area contributed by atoms with Gasteiger partial charge in [-0.25, -0.2) is 0 Å². The first-order chi connectivity index (χ1) is 12.8. The Kier molecular flexibility index (Phi) is 5.12. The van der Waals surface area contributed by atoms with Gasteiger partial charge in [-0.2, -0.15) is 0 Å². The van der Waals surface area contributed by atoms with Crippen molar-refractivity contribution in [1.82, 2.24) is 4.90 Å². The fraction of sp³-hybridized carbons (Fsp3) is 0.227. The van der Waals surface area contributed by atoms with Gasteiger partial charge in [0.15, 0.2) is 0 Å². The Labute approximate surface area is 158 Å². The molecule has 0 aromatic heterocycles. The van der Waals surface area contributed by atoms with Gasteiger partial charge in [0.05, 0.1) is 5.75 Å². The Bertz CT molecular complexity index is 897. The van der Waals surface area contributed by atoms with E-state index in [1.54, 1.807) is 11.8 Å². The summed E-state index contributed by atoms with van der Waals surface area (Å²) in [6, 6.07) is 25.3. The van der Waals surface area contributed by atoms with E-state index in [1.165, 1.54) is 10.8 Å². The van der Waals surface area contributed by atoms with Gasteiger partial charge in [-0.1, -0.05) is 48.5 Å². The molecule has 1 unspecified atom stereocenters. The molecule has 1 heterocycles. The second-order valence-corrected chi connectivity index (χ2v) is 7.68. The minimum absolute atomic E-state index is 0.223. The Morgan fingerprint density at radius 2 is 1.77 bits per heavy atom. The molecule has 4 heteroatoms. The number of hydrogen-bond donors (Lipinski definition) is 1. The van der Waals surface area contributed by atoms with Crippen LogP contribution in [0.2, 0.25) is 0 Å². The molecule has 1 aliphatic rings. The second-order valence-electron chi connectivity index (χ2n) is 6.63. The number of fused-ring (bicyclic) bond motifs is 1. The van der Waals surface area contributed by atoms with Crippen LogP contribution in [-0.4, -0.2) is 35.7 Å². The van der Waals surface area contributed by atoms with Crippen molar-refractivity contribution < 1.29 is 4.79 Å². The zero-order valence-corrected chi connectivity index (χ0v) is 15.4. The Morgan fingerprint density at radius 1 is 1.00 bits per heavy atom. The zero-order valence-electron chi connectivity index (χ0n) is 14.6. The lowest BCUT2D eigenvalue weighted by Gasteiger charge is -2.17. The molecule has 4 rings (SSSR count). The molecule has 0 saturated carbocycles. The van der Waals surface area contributed by atoms with Crippen molar-refractivity contribution in [3.05, 3.63) is 72.8 Å². The van der Waals surface area contributed by atoms with Crippen LogP contribution in [0.1, 0.15) is 6.42 Å². The van der Waals surface area contributed by atoms with Gasteiger partial charge in [-0.15, -0.1) is 11.8 Å². The predicted molar refractivity (Wildman–Crippen MR) is 110 cm³/mol. The monoisotopic (exact) mass is 362 g/mol. The summed E-state index contributed by atoms with van der Waals surface area (Å²) in [4.78, 5) is 15.7. The first-order valence-corrected chi connectivity index (χ1v) is 9.97. The van der Waals surface area contributed by atoms with Crippen molar-refractivity contribution >= 4 is 34.1 Å². The number of hydrogen-bond acceptors (Lipinski definition) is 3. The van der Waals surface area contributed by atoms with Crippen molar-refractivity contribution in [2.45, 2.75) is 17.4 Å². The van der Waals surface area contributed by atoms with Crippen LogP contribution in [0.3, 0.4) is 0 Å². The summed E-state index contributed by atoms with van der Waals surface area (Å²) < 4.78 is 0. The second kappa shape index (κ2) is 7.83. The van der Waals surface area contributed by atoms with Crippen LogP contribution >= 0.6 is 11.8 Å². The van der Waals surface area contributed by atoms with Gasteiger partial charge in [0, 0.05) is 29.7 Å². The fourth-order valence-corrected chi connectivity index (χ4v) is 4.22. The highest BCUT2D eigenvalue weighted by Gasteiger charge is 2.25. The average molecular weight is 362 g/mol. The lowest BCUT2D eigenvalue weighted by atomic mass is 10.1. The van der Waals surface area contributed by atoms with Crippen molar-refractivity contribution in [2.75, 3.05) is 24.2 Å². The number of thioether (sulfide) groups is 1. The normalized spacial score (nSPS) is 16.8. The zero-order chi connectivity index (χ0) is 17.8. The van der Waals surface area contributed by atoms with Gasteiger partial charge in [-0.05, 0) is 41.5 Å². The molecule has 0 aliphatic carbocycles. The predicted octanol–water partition coefficient (Wildman–Crippen LogP) is 4.64. The summed E-state index contributed by atoms with van der Waals surface area (Å²) in [6.07, 6.45) is 1.00. The van der Waals surface area contributed by atoms with Crippen molar-refractivity contribution in [3.8, 4) is 0 Å². The first-order valence-electron chi connectivity index (χ1n) is 8.99. The molecule has 1 atom stereocenters. The highest BCUT2D eigenvalue weighted by Crippen LogP contribution is 2.24. The highest BCUT2D eigenvalue weighted by molar-refractivity contribution is 8.00. The summed E-state index contributed by atoms with van der Waals surface area (Å²) in [6.45, 7) is 1.62. The number of anilines is 1. The Balaban J connectivity index is 1.30. The van der Waals surface area contributed by atoms with E-state index in [2.05, 4.69) is 47.8 Å². The number of para-hydroxylation sites is 1. The third kappa shape index (κ3) is 4.02. The van der Waals surface area contributed by atoms with E-state index < -0.39 is 0 Å². The van der Waals surface area contributed by atoms with Crippen LogP contribution in [0, 0.1) is 0 Å². The highest BCUT2D eigenvalue weighted by atomic mass is 32.2. The van der Waals surface area contributed by atoms with Crippen LogP contribution in [0.4, 0.5) is 5.69 Å². The number of nitrogens with zero attached hydrogens (tertiary/aromatic N) is 1. The molecule has 0 radical (unpaired) electrons. The standard InChI is InChI=1S/C22H22N2OS/c25-22(16-26-21-11-10-17-6-4-5-7-18(17)14-21)24-13-12-20(15-24)23-19-8-2-1-3-9-19/h1-11,14,20,23H,12-13,15-16H2. The minimum atomic E-state index is 0.223. The molecular weight excluding hydrogens is 340 g/mol. The Morgan fingerprint density at radius 3 is 2.62 bits per heavy atom. The van der Waals surface area contributed by atoms with Gasteiger partial charge in [-0.3, -0.25) is 4.79 Å². The smallest absolute Gasteiger partial charge is 0.233 e. The minimum Gasteiger partial charge on any atom is -0.380 e. The molecule has 3 nitrogen and oxygen atoms in total. The van der Waals surface area contributed by atoms with E-state index in [1.807, 2.05) is 35.2 Å². The quantitative estimate of drug-likeness (QED) is 0.671. The molecule has 26 heavy (non-hydrogen) atoms. The van der Waals surface area contributed by atoms with E-state index in [0.717, 1.165) is 30.1 Å². The molecule has 1 amide bonds. The molecule has 1 aliphatic heterocycles. The summed E-state index contributed by atoms with van der Waals surface area (Å²) in [5.41, 5.74) is 1.12. The molecule has 0 spiro atoms. The topological polar surface area (TPSA) is 32.3 Å².